The molecule has 0 fully saturated rings. The van der Waals surface area contributed by atoms with Crippen LogP contribution < -0.4 is 21.7 Å². The van der Waals surface area contributed by atoms with E-state index in [1.54, 1.807) is 19.0 Å². The molecule has 0 unspecified atom stereocenters. The number of rotatable bonds is 1. The van der Waals surface area contributed by atoms with Crippen LogP contribution >= 0.6 is 0 Å². The van der Waals surface area contributed by atoms with Gasteiger partial charge in [0, 0.05) is 19.6 Å². The van der Waals surface area contributed by atoms with E-state index in [4.69, 9.17) is 5.84 Å². The highest BCUT2D eigenvalue weighted by Crippen LogP contribution is 2.02. The van der Waals surface area contributed by atoms with Crippen LogP contribution in [0.25, 0.3) is 0 Å². The zero-order chi connectivity index (χ0) is 13.4. The van der Waals surface area contributed by atoms with Gasteiger partial charge in [-0.15, -0.1) is 9.78 Å². The van der Waals surface area contributed by atoms with Gasteiger partial charge in [-0.1, -0.05) is 0 Å². The molecular weight excluding hydrogens is 224 g/mol. The van der Waals surface area contributed by atoms with Crippen LogP contribution in [0, 0.1) is 0 Å². The summed E-state index contributed by atoms with van der Waals surface area (Å²) in [5.41, 5.74) is -1.14. The summed E-state index contributed by atoms with van der Waals surface area (Å²) < 4.78 is 1.53. The summed E-state index contributed by atoms with van der Waals surface area (Å²) in [6.45, 7) is 5.42. The van der Waals surface area contributed by atoms with E-state index >= 15 is 0 Å². The number of nitrogens with two attached hydrogens (primary N) is 1. The first-order valence-corrected chi connectivity index (χ1v) is 5.10. The first-order chi connectivity index (χ1) is 7.63. The lowest BCUT2D eigenvalue weighted by molar-refractivity contribution is 0.229. The van der Waals surface area contributed by atoms with Crippen LogP contribution in [0.2, 0.25) is 0 Å². The monoisotopic (exact) mass is 242 g/mol. The number of hydrogen-bond donors (Lipinski definition) is 2. The van der Waals surface area contributed by atoms with Gasteiger partial charge < -0.3 is 16.1 Å². The molecule has 1 rings (SSSR count). The zero-order valence-electron chi connectivity index (χ0n) is 10.7. The van der Waals surface area contributed by atoms with Gasteiger partial charge in [0.25, 0.3) is 0 Å². The van der Waals surface area contributed by atoms with Crippen molar-refractivity contribution in [3.05, 3.63) is 10.5 Å². The van der Waals surface area contributed by atoms with Gasteiger partial charge in [0.05, 0.1) is 0 Å². The lowest BCUT2D eigenvalue weighted by atomic mass is 10.1. The molecule has 3 N–H and O–H groups in total. The molecule has 0 radical (unpaired) electrons. The number of hydrogen-bond acceptors (Lipinski definition) is 5. The van der Waals surface area contributed by atoms with Crippen molar-refractivity contribution >= 4 is 12.0 Å². The second-order valence-electron chi connectivity index (χ2n) is 4.94. The number of carbonyl (C=O) groups is 1. The van der Waals surface area contributed by atoms with Gasteiger partial charge >= 0.3 is 11.7 Å². The molecule has 8 nitrogen and oxygen atoms in total. The van der Waals surface area contributed by atoms with E-state index < -0.39 is 17.3 Å². The summed E-state index contributed by atoms with van der Waals surface area (Å²) in [7, 11) is 3.36. The SMILES string of the molecule is CN(C)c1nn(C(=O)NC(C)(C)C)c(=O)n1N. The maximum atomic E-state index is 11.8. The average molecular weight is 242 g/mol. The molecule has 0 atom stereocenters. The quantitative estimate of drug-likeness (QED) is 0.627. The second-order valence-corrected chi connectivity index (χ2v) is 4.94. The number of anilines is 1. The third-order valence-electron chi connectivity index (χ3n) is 1.87. The Morgan fingerprint density at radius 2 is 1.94 bits per heavy atom. The van der Waals surface area contributed by atoms with Crippen LogP contribution in [0.1, 0.15) is 20.8 Å². The van der Waals surface area contributed by atoms with Gasteiger partial charge in [0.1, 0.15) is 0 Å². The first kappa shape index (κ1) is 13.1. The third-order valence-corrected chi connectivity index (χ3v) is 1.87. The molecule has 1 aromatic heterocycles. The Bertz CT molecular complexity index is 479. The number of nitrogen functional groups attached to an aromatic ring is 1. The number of amides is 1. The minimum atomic E-state index is -0.685. The summed E-state index contributed by atoms with van der Waals surface area (Å²) in [5, 5.41) is 6.48. The lowest BCUT2D eigenvalue weighted by Crippen LogP contribution is -2.47. The van der Waals surface area contributed by atoms with E-state index in [-0.39, 0.29) is 5.95 Å². The zero-order valence-corrected chi connectivity index (χ0v) is 10.7. The van der Waals surface area contributed by atoms with Crippen molar-refractivity contribution in [2.45, 2.75) is 26.3 Å². The maximum absolute atomic E-state index is 11.8. The van der Waals surface area contributed by atoms with Crippen molar-refractivity contribution < 1.29 is 4.79 Å². The van der Waals surface area contributed by atoms with Gasteiger partial charge in [-0.2, -0.15) is 4.68 Å². The largest absolute Gasteiger partial charge is 0.374 e. The highest BCUT2D eigenvalue weighted by Gasteiger charge is 2.21. The van der Waals surface area contributed by atoms with Crippen molar-refractivity contribution in [1.82, 2.24) is 19.8 Å². The summed E-state index contributed by atoms with van der Waals surface area (Å²) >= 11 is 0. The first-order valence-electron chi connectivity index (χ1n) is 5.10. The molecule has 1 heterocycles. The van der Waals surface area contributed by atoms with Crippen LogP contribution in [0.5, 0.6) is 0 Å². The van der Waals surface area contributed by atoms with Crippen LogP contribution in [-0.4, -0.2) is 40.1 Å². The molecule has 0 saturated heterocycles. The summed E-state index contributed by atoms with van der Waals surface area (Å²) in [4.78, 5) is 25.0. The van der Waals surface area contributed by atoms with Crippen molar-refractivity contribution in [2.75, 3.05) is 24.8 Å². The molecule has 0 aromatic carbocycles. The standard InChI is InChI=1S/C9H18N6O2/c1-9(2,3)11-7(16)15-8(17)14(10)6(12-15)13(4)5/h10H2,1-5H3,(H,11,16). The van der Waals surface area contributed by atoms with E-state index in [2.05, 4.69) is 10.4 Å². The van der Waals surface area contributed by atoms with Crippen LogP contribution in [0.4, 0.5) is 10.7 Å². The third kappa shape index (κ3) is 2.77. The molecule has 8 heteroatoms. The van der Waals surface area contributed by atoms with Crippen molar-refractivity contribution in [2.24, 2.45) is 0 Å². The molecule has 0 aliphatic rings. The summed E-state index contributed by atoms with van der Waals surface area (Å²) in [6.07, 6.45) is 0. The van der Waals surface area contributed by atoms with Crippen LogP contribution in [0.3, 0.4) is 0 Å². The Labute approximate surface area is 99.0 Å². The molecule has 0 saturated carbocycles. The Balaban J connectivity index is 3.12. The minimum Gasteiger partial charge on any atom is -0.346 e. The fourth-order valence-corrected chi connectivity index (χ4v) is 1.18. The normalized spacial score (nSPS) is 11.4. The van der Waals surface area contributed by atoms with Crippen molar-refractivity contribution in [1.29, 1.82) is 0 Å². The number of carbonyl (C=O) groups excluding carboxylic acids is 1. The summed E-state index contributed by atoms with van der Waals surface area (Å²) in [5.74, 6) is 5.71. The Kier molecular flexibility index (Phi) is 3.16. The van der Waals surface area contributed by atoms with Crippen LogP contribution in [0.15, 0.2) is 4.79 Å². The molecule has 96 valence electrons. The number of nitrogens with zero attached hydrogens (tertiary/aromatic N) is 4. The van der Waals surface area contributed by atoms with E-state index in [1.165, 1.54) is 0 Å². The number of nitrogens with one attached hydrogen (secondary N) is 1. The molecule has 0 spiro atoms. The Hall–Kier alpha value is -1.99. The van der Waals surface area contributed by atoms with Gasteiger partial charge in [0.2, 0.25) is 5.95 Å². The fourth-order valence-electron chi connectivity index (χ4n) is 1.18. The predicted octanol–water partition coefficient (Wildman–Crippen LogP) is -0.819. The van der Waals surface area contributed by atoms with Gasteiger partial charge in [-0.3, -0.25) is 0 Å². The van der Waals surface area contributed by atoms with Gasteiger partial charge in [-0.05, 0) is 20.8 Å². The molecule has 1 aromatic rings. The fraction of sp³-hybridized carbons (Fsp3) is 0.667. The van der Waals surface area contributed by atoms with Crippen molar-refractivity contribution in [3.63, 3.8) is 0 Å². The molecule has 0 bridgehead atoms. The van der Waals surface area contributed by atoms with E-state index in [1.807, 2.05) is 20.8 Å². The van der Waals surface area contributed by atoms with E-state index in [0.717, 1.165) is 4.68 Å². The molecule has 17 heavy (non-hydrogen) atoms. The second kappa shape index (κ2) is 4.11. The smallest absolute Gasteiger partial charge is 0.346 e. The van der Waals surface area contributed by atoms with Crippen molar-refractivity contribution in [3.8, 4) is 0 Å². The van der Waals surface area contributed by atoms with Gasteiger partial charge in [-0.25, -0.2) is 9.59 Å². The predicted molar refractivity (Wildman–Crippen MR) is 64.6 cm³/mol. The molecule has 0 aliphatic carbocycles. The Morgan fingerprint density at radius 3 is 2.29 bits per heavy atom. The average Bonchev–Trinajstić information content (AvgIpc) is 2.41. The number of aromatic nitrogens is 3. The highest BCUT2D eigenvalue weighted by molar-refractivity contribution is 5.76. The molecule has 0 aliphatic heterocycles. The Morgan fingerprint density at radius 1 is 1.41 bits per heavy atom. The lowest BCUT2D eigenvalue weighted by Gasteiger charge is -2.19. The van der Waals surface area contributed by atoms with Crippen LogP contribution in [-0.2, 0) is 0 Å². The topological polar surface area (TPSA) is 98.2 Å². The van der Waals surface area contributed by atoms with Gasteiger partial charge in [0.15, 0.2) is 0 Å². The van der Waals surface area contributed by atoms with E-state index in [9.17, 15) is 9.59 Å². The van der Waals surface area contributed by atoms with E-state index in [0.29, 0.717) is 4.68 Å². The molecule has 1 amide bonds. The maximum Gasteiger partial charge on any atom is 0.374 e. The molecular formula is C9H18N6O2. The minimum absolute atomic E-state index is 0.207. The highest BCUT2D eigenvalue weighted by atomic mass is 16.2. The summed E-state index contributed by atoms with van der Waals surface area (Å²) in [6, 6.07) is -0.602.